The van der Waals surface area contributed by atoms with Crippen LogP contribution in [0.25, 0.3) is 0 Å². The lowest BCUT2D eigenvalue weighted by Crippen LogP contribution is -2.61. The third-order valence-electron chi connectivity index (χ3n) is 7.05. The highest BCUT2D eigenvalue weighted by molar-refractivity contribution is 6.31. The van der Waals surface area contributed by atoms with Crippen molar-refractivity contribution in [1.82, 2.24) is 20.6 Å². The van der Waals surface area contributed by atoms with Crippen molar-refractivity contribution in [3.63, 3.8) is 0 Å². The average Bonchev–Trinajstić information content (AvgIpc) is 2.94. The van der Waals surface area contributed by atoms with Crippen molar-refractivity contribution in [2.45, 2.75) is 36.9 Å². The summed E-state index contributed by atoms with van der Waals surface area (Å²) in [7, 11) is 0. The first-order valence-electron chi connectivity index (χ1n) is 13.0. The fourth-order valence-electron chi connectivity index (χ4n) is 5.09. The van der Waals surface area contributed by atoms with Gasteiger partial charge in [0.1, 0.15) is 35.5 Å². The molecule has 1 aromatic heterocycles. The van der Waals surface area contributed by atoms with Crippen molar-refractivity contribution in [2.24, 2.45) is 0 Å². The number of hydrogen-bond acceptors (Lipinski definition) is 7. The molecule has 3 aromatic rings. The molecule has 2 aromatic carbocycles. The molecular formula is C28H24ClF4N7O2. The standard InChI is InChI=1S/C28H24ClF4N7O2/c29-22-4-2-1-3-21(22)24(25(41)37-19-12-28(32,33)13-19)40(20-10-16(30)9-17(31)11-20)26(42)23-15-35-7-8-39(23)27-36-6-5-18(14-34)38-27/h1-6,9-11,19,23-24,35H,7-8,12-13,15H2,(H,37,41)/t23-,24-/m0/s1. The highest BCUT2D eigenvalue weighted by Crippen LogP contribution is 2.39. The number of anilines is 2. The topological polar surface area (TPSA) is 114 Å². The Bertz CT molecular complexity index is 1520. The van der Waals surface area contributed by atoms with Gasteiger partial charge in [-0.3, -0.25) is 14.5 Å². The number of rotatable bonds is 7. The summed E-state index contributed by atoms with van der Waals surface area (Å²) in [5.74, 6) is -6.54. The lowest BCUT2D eigenvalue weighted by atomic mass is 9.87. The number of amides is 2. The number of alkyl halides is 2. The van der Waals surface area contributed by atoms with E-state index < -0.39 is 60.3 Å². The number of hydrogen-bond donors (Lipinski definition) is 2. The minimum Gasteiger partial charge on any atom is -0.351 e. The first-order chi connectivity index (χ1) is 20.1. The Kier molecular flexibility index (Phi) is 8.29. The first-order valence-corrected chi connectivity index (χ1v) is 13.4. The Morgan fingerprint density at radius 2 is 1.88 bits per heavy atom. The second-order valence-electron chi connectivity index (χ2n) is 10.00. The highest BCUT2D eigenvalue weighted by atomic mass is 35.5. The Morgan fingerprint density at radius 1 is 1.17 bits per heavy atom. The van der Waals surface area contributed by atoms with Crippen molar-refractivity contribution in [2.75, 3.05) is 29.4 Å². The zero-order chi connectivity index (χ0) is 30.0. The van der Waals surface area contributed by atoms with Crippen LogP contribution in [0.2, 0.25) is 5.02 Å². The third kappa shape index (κ3) is 6.14. The number of piperazine rings is 1. The van der Waals surface area contributed by atoms with Gasteiger partial charge in [-0.25, -0.2) is 27.5 Å². The van der Waals surface area contributed by atoms with E-state index in [1.807, 2.05) is 6.07 Å². The van der Waals surface area contributed by atoms with Crippen molar-refractivity contribution in [3.05, 3.63) is 82.6 Å². The number of nitriles is 1. The quantitative estimate of drug-likeness (QED) is 0.397. The summed E-state index contributed by atoms with van der Waals surface area (Å²) in [6.07, 6.45) is 0.172. The molecule has 5 rings (SSSR count). The average molecular weight is 602 g/mol. The summed E-state index contributed by atoms with van der Waals surface area (Å²) >= 11 is 6.48. The molecule has 0 bridgehead atoms. The summed E-state index contributed by atoms with van der Waals surface area (Å²) in [5.41, 5.74) is -0.132. The molecule has 14 heteroatoms. The number of aromatic nitrogens is 2. The van der Waals surface area contributed by atoms with Crippen LogP contribution in [0.5, 0.6) is 0 Å². The monoisotopic (exact) mass is 601 g/mol. The second kappa shape index (κ2) is 11.9. The Balaban J connectivity index is 1.62. The van der Waals surface area contributed by atoms with Crippen molar-refractivity contribution >= 4 is 35.1 Å². The molecule has 2 fully saturated rings. The Labute approximate surface area is 243 Å². The summed E-state index contributed by atoms with van der Waals surface area (Å²) in [5, 5.41) is 15.0. The van der Waals surface area contributed by atoms with Crippen LogP contribution in [0, 0.1) is 23.0 Å². The van der Waals surface area contributed by atoms with Gasteiger partial charge in [-0.1, -0.05) is 29.8 Å². The zero-order valence-electron chi connectivity index (χ0n) is 21.9. The highest BCUT2D eigenvalue weighted by Gasteiger charge is 2.48. The van der Waals surface area contributed by atoms with Crippen LogP contribution in [0.4, 0.5) is 29.2 Å². The van der Waals surface area contributed by atoms with E-state index in [-0.39, 0.29) is 41.0 Å². The minimum atomic E-state index is -2.94. The molecule has 1 saturated heterocycles. The maximum absolute atomic E-state index is 14.6. The lowest BCUT2D eigenvalue weighted by Gasteiger charge is -2.41. The predicted octanol–water partition coefficient (Wildman–Crippen LogP) is 3.75. The summed E-state index contributed by atoms with van der Waals surface area (Å²) in [6, 6.07) is 8.21. The summed E-state index contributed by atoms with van der Waals surface area (Å²) < 4.78 is 56.3. The number of carbonyl (C=O) groups is 2. The second-order valence-corrected chi connectivity index (χ2v) is 10.4. The smallest absolute Gasteiger partial charge is 0.252 e. The number of nitrogens with zero attached hydrogens (tertiary/aromatic N) is 5. The van der Waals surface area contributed by atoms with Gasteiger partial charge in [-0.05, 0) is 24.3 Å². The van der Waals surface area contributed by atoms with Gasteiger partial charge in [0.25, 0.3) is 11.8 Å². The lowest BCUT2D eigenvalue weighted by molar-refractivity contribution is -0.133. The van der Waals surface area contributed by atoms with E-state index >= 15 is 0 Å². The molecule has 218 valence electrons. The van der Waals surface area contributed by atoms with Crippen molar-refractivity contribution < 1.29 is 27.2 Å². The molecular weight excluding hydrogens is 578 g/mol. The van der Waals surface area contributed by atoms with Crippen LogP contribution in [0.3, 0.4) is 0 Å². The van der Waals surface area contributed by atoms with E-state index in [9.17, 15) is 32.4 Å². The van der Waals surface area contributed by atoms with Gasteiger partial charge in [-0.2, -0.15) is 5.26 Å². The number of benzene rings is 2. The first kappa shape index (κ1) is 29.2. The van der Waals surface area contributed by atoms with E-state index in [1.54, 1.807) is 12.1 Å². The molecule has 2 N–H and O–H groups in total. The van der Waals surface area contributed by atoms with Crippen molar-refractivity contribution in [3.8, 4) is 6.07 Å². The molecule has 0 radical (unpaired) electrons. The van der Waals surface area contributed by atoms with Crippen molar-refractivity contribution in [1.29, 1.82) is 5.26 Å². The fourth-order valence-corrected chi connectivity index (χ4v) is 5.33. The van der Waals surface area contributed by atoms with Crippen LogP contribution in [-0.4, -0.2) is 59.4 Å². The Hall–Kier alpha value is -4.28. The number of nitrogens with one attached hydrogen (secondary N) is 2. The van der Waals surface area contributed by atoms with Crippen LogP contribution >= 0.6 is 11.6 Å². The molecule has 0 spiro atoms. The third-order valence-corrected chi connectivity index (χ3v) is 7.39. The molecule has 1 aliphatic heterocycles. The molecule has 9 nitrogen and oxygen atoms in total. The number of halogens is 5. The van der Waals surface area contributed by atoms with E-state index in [1.165, 1.54) is 29.3 Å². The minimum absolute atomic E-state index is 0.0268. The van der Waals surface area contributed by atoms with E-state index in [0.717, 1.165) is 17.0 Å². The molecule has 2 atom stereocenters. The molecule has 2 aliphatic rings. The normalized spacial score (nSPS) is 18.9. The van der Waals surface area contributed by atoms with Gasteiger partial charge in [0.2, 0.25) is 11.9 Å². The molecule has 2 heterocycles. The van der Waals surface area contributed by atoms with Gasteiger partial charge >= 0.3 is 0 Å². The van der Waals surface area contributed by atoms with E-state index in [2.05, 4.69) is 20.6 Å². The van der Waals surface area contributed by atoms with Crippen LogP contribution in [0.1, 0.15) is 30.1 Å². The van der Waals surface area contributed by atoms with Gasteiger partial charge < -0.3 is 15.5 Å². The largest absolute Gasteiger partial charge is 0.351 e. The van der Waals surface area contributed by atoms with E-state index in [4.69, 9.17) is 11.6 Å². The molecule has 2 amide bonds. The van der Waals surface area contributed by atoms with Gasteiger partial charge in [0, 0.05) is 61.4 Å². The van der Waals surface area contributed by atoms with Gasteiger partial charge in [0.15, 0.2) is 0 Å². The maximum Gasteiger partial charge on any atom is 0.252 e. The predicted molar refractivity (Wildman–Crippen MR) is 145 cm³/mol. The SMILES string of the molecule is N#Cc1ccnc(N2CCNC[C@H]2C(=O)N(c2cc(F)cc(F)c2)[C@H](C(=O)NC2CC(F)(F)C2)c2ccccc2Cl)n1. The molecule has 1 aliphatic carbocycles. The summed E-state index contributed by atoms with van der Waals surface area (Å²) in [6.45, 7) is 0.665. The van der Waals surface area contributed by atoms with Crippen LogP contribution in [-0.2, 0) is 9.59 Å². The molecule has 42 heavy (non-hydrogen) atoms. The number of carbonyl (C=O) groups excluding carboxylic acids is 2. The Morgan fingerprint density at radius 3 is 2.55 bits per heavy atom. The molecule has 0 unspecified atom stereocenters. The van der Waals surface area contributed by atoms with Gasteiger partial charge in [-0.15, -0.1) is 0 Å². The van der Waals surface area contributed by atoms with E-state index in [0.29, 0.717) is 12.6 Å². The fraction of sp³-hybridized carbons (Fsp3) is 0.321. The van der Waals surface area contributed by atoms with Crippen LogP contribution in [0.15, 0.2) is 54.7 Å². The zero-order valence-corrected chi connectivity index (χ0v) is 22.7. The van der Waals surface area contributed by atoms with Crippen LogP contribution < -0.4 is 20.4 Å². The molecule has 1 saturated carbocycles. The summed E-state index contributed by atoms with van der Waals surface area (Å²) in [4.78, 5) is 39.2. The maximum atomic E-state index is 14.6. The van der Waals surface area contributed by atoms with Gasteiger partial charge in [0.05, 0.1) is 5.69 Å².